The topological polar surface area (TPSA) is 72.2 Å². The molecule has 104 valence electrons. The molecule has 0 radical (unpaired) electrons. The van der Waals surface area contributed by atoms with Crippen molar-refractivity contribution in [3.8, 4) is 0 Å². The monoisotopic (exact) mass is 308 g/mol. The summed E-state index contributed by atoms with van der Waals surface area (Å²) in [6, 6.07) is 8.34. The minimum absolute atomic E-state index is 0.0405. The first-order chi connectivity index (χ1) is 9.61. The van der Waals surface area contributed by atoms with Crippen LogP contribution in [-0.2, 0) is 6.54 Å². The van der Waals surface area contributed by atoms with Crippen LogP contribution in [0.25, 0.3) is 0 Å². The number of nitro groups is 1. The molecular weight excluding hydrogens is 296 g/mol. The minimum atomic E-state index is -0.470. The zero-order valence-corrected chi connectivity index (χ0v) is 12.3. The van der Waals surface area contributed by atoms with E-state index in [4.69, 9.17) is 0 Å². The van der Waals surface area contributed by atoms with Crippen molar-refractivity contribution in [2.24, 2.45) is 0 Å². The number of nitro benzene ring substituents is 1. The summed E-state index contributed by atoms with van der Waals surface area (Å²) in [7, 11) is 0. The van der Waals surface area contributed by atoms with Gasteiger partial charge < -0.3 is 5.32 Å². The van der Waals surface area contributed by atoms with Gasteiger partial charge in [0.25, 0.3) is 11.6 Å². The van der Waals surface area contributed by atoms with E-state index in [9.17, 15) is 14.9 Å². The number of amides is 1. The van der Waals surface area contributed by atoms with Gasteiger partial charge in [0.15, 0.2) is 0 Å². The van der Waals surface area contributed by atoms with Gasteiger partial charge in [0.1, 0.15) is 0 Å². The fourth-order valence-electron chi connectivity index (χ4n) is 1.66. The number of nitrogens with one attached hydrogen (secondary N) is 1. The van der Waals surface area contributed by atoms with Gasteiger partial charge in [0, 0.05) is 16.5 Å². The maximum atomic E-state index is 12.0. The highest BCUT2D eigenvalue weighted by Gasteiger charge is 2.16. The number of hydrogen-bond acceptors (Lipinski definition) is 5. The molecule has 0 unspecified atom stereocenters. The first-order valence-electron chi connectivity index (χ1n) is 5.75. The first kappa shape index (κ1) is 14.5. The molecule has 1 heterocycles. The van der Waals surface area contributed by atoms with E-state index in [-0.39, 0.29) is 11.6 Å². The van der Waals surface area contributed by atoms with E-state index in [1.54, 1.807) is 29.7 Å². The predicted octanol–water partition coefficient (Wildman–Crippen LogP) is 3.31. The molecule has 1 amide bonds. The molecule has 0 aliphatic carbocycles. The standard InChI is InChI=1S/C13H12N2O3S2/c1-19-12-5-4-9(7-11(12)15(17)18)13(16)14-8-10-3-2-6-20-10/h2-7H,8H2,1H3,(H,14,16). The van der Waals surface area contributed by atoms with E-state index in [0.29, 0.717) is 17.0 Å². The Morgan fingerprint density at radius 1 is 1.45 bits per heavy atom. The number of carbonyl (C=O) groups is 1. The van der Waals surface area contributed by atoms with Crippen molar-refractivity contribution >= 4 is 34.7 Å². The van der Waals surface area contributed by atoms with Gasteiger partial charge in [0.2, 0.25) is 0 Å². The Hall–Kier alpha value is -1.86. The SMILES string of the molecule is CSc1ccc(C(=O)NCc2cccs2)cc1[N+](=O)[O-]. The number of thioether (sulfide) groups is 1. The van der Waals surface area contributed by atoms with Crippen LogP contribution in [0.3, 0.4) is 0 Å². The van der Waals surface area contributed by atoms with Gasteiger partial charge in [-0.15, -0.1) is 23.1 Å². The molecule has 0 atom stereocenters. The van der Waals surface area contributed by atoms with Crippen LogP contribution in [0.2, 0.25) is 0 Å². The average molecular weight is 308 g/mol. The van der Waals surface area contributed by atoms with Crippen LogP contribution in [0.15, 0.2) is 40.6 Å². The molecule has 20 heavy (non-hydrogen) atoms. The van der Waals surface area contributed by atoms with Crippen molar-refractivity contribution < 1.29 is 9.72 Å². The highest BCUT2D eigenvalue weighted by Crippen LogP contribution is 2.28. The Kier molecular flexibility index (Phi) is 4.75. The molecule has 1 aromatic heterocycles. The van der Waals surface area contributed by atoms with Crippen molar-refractivity contribution in [1.82, 2.24) is 5.32 Å². The van der Waals surface area contributed by atoms with E-state index in [2.05, 4.69) is 5.32 Å². The molecule has 0 aliphatic heterocycles. The Bertz CT molecular complexity index is 627. The quantitative estimate of drug-likeness (QED) is 0.522. The molecule has 5 nitrogen and oxygen atoms in total. The van der Waals surface area contributed by atoms with E-state index >= 15 is 0 Å². The van der Waals surface area contributed by atoms with Crippen molar-refractivity contribution in [3.63, 3.8) is 0 Å². The number of rotatable bonds is 5. The van der Waals surface area contributed by atoms with Gasteiger partial charge in [0.05, 0.1) is 16.4 Å². The van der Waals surface area contributed by atoms with Gasteiger partial charge >= 0.3 is 0 Å². The summed E-state index contributed by atoms with van der Waals surface area (Å²) >= 11 is 2.83. The smallest absolute Gasteiger partial charge is 0.283 e. The summed E-state index contributed by atoms with van der Waals surface area (Å²) in [4.78, 5) is 24.1. The molecule has 2 rings (SSSR count). The Morgan fingerprint density at radius 3 is 2.85 bits per heavy atom. The number of hydrogen-bond donors (Lipinski definition) is 1. The summed E-state index contributed by atoms with van der Waals surface area (Å²) < 4.78 is 0. The van der Waals surface area contributed by atoms with Crippen LogP contribution in [0.5, 0.6) is 0 Å². The largest absolute Gasteiger partial charge is 0.347 e. The van der Waals surface area contributed by atoms with Gasteiger partial charge in [-0.2, -0.15) is 0 Å². The van der Waals surface area contributed by atoms with Crippen molar-refractivity contribution in [1.29, 1.82) is 0 Å². The number of nitrogens with zero attached hydrogens (tertiary/aromatic N) is 1. The summed E-state index contributed by atoms with van der Waals surface area (Å²) in [6.45, 7) is 0.425. The van der Waals surface area contributed by atoms with Gasteiger partial charge in [-0.1, -0.05) is 6.07 Å². The van der Waals surface area contributed by atoms with Crippen LogP contribution in [0.4, 0.5) is 5.69 Å². The van der Waals surface area contributed by atoms with E-state index in [0.717, 1.165) is 4.88 Å². The Labute approximate surface area is 124 Å². The molecule has 7 heteroatoms. The third-order valence-electron chi connectivity index (χ3n) is 2.64. The van der Waals surface area contributed by atoms with Crippen LogP contribution in [-0.4, -0.2) is 17.1 Å². The molecule has 2 aromatic rings. The molecule has 0 bridgehead atoms. The molecule has 0 spiro atoms. The number of thiophene rings is 1. The molecule has 0 saturated heterocycles. The van der Waals surface area contributed by atoms with Crippen molar-refractivity contribution in [3.05, 3.63) is 56.3 Å². The minimum Gasteiger partial charge on any atom is -0.347 e. The fraction of sp³-hybridized carbons (Fsp3) is 0.154. The molecule has 0 fully saturated rings. The molecule has 0 aliphatic rings. The van der Waals surface area contributed by atoms with Crippen molar-refractivity contribution in [2.45, 2.75) is 11.4 Å². The molecular formula is C13H12N2O3S2. The van der Waals surface area contributed by atoms with Crippen LogP contribution in [0.1, 0.15) is 15.2 Å². The first-order valence-corrected chi connectivity index (χ1v) is 7.85. The lowest BCUT2D eigenvalue weighted by atomic mass is 10.2. The summed E-state index contributed by atoms with van der Waals surface area (Å²) in [5, 5.41) is 15.6. The lowest BCUT2D eigenvalue weighted by molar-refractivity contribution is -0.387. The maximum Gasteiger partial charge on any atom is 0.283 e. The zero-order valence-electron chi connectivity index (χ0n) is 10.7. The second kappa shape index (κ2) is 6.53. The zero-order chi connectivity index (χ0) is 14.5. The highest BCUT2D eigenvalue weighted by atomic mass is 32.2. The van der Waals surface area contributed by atoms with E-state index in [1.165, 1.54) is 17.8 Å². The second-order valence-corrected chi connectivity index (χ2v) is 5.79. The van der Waals surface area contributed by atoms with Crippen LogP contribution in [0, 0.1) is 10.1 Å². The average Bonchev–Trinajstić information content (AvgIpc) is 2.97. The third kappa shape index (κ3) is 3.37. The van der Waals surface area contributed by atoms with Crippen LogP contribution < -0.4 is 5.32 Å². The Balaban J connectivity index is 2.13. The normalized spacial score (nSPS) is 10.2. The highest BCUT2D eigenvalue weighted by molar-refractivity contribution is 7.98. The summed E-state index contributed by atoms with van der Waals surface area (Å²) in [5.74, 6) is -0.311. The fourth-order valence-corrected chi connectivity index (χ4v) is 2.85. The number of carbonyl (C=O) groups excluding carboxylic acids is 1. The summed E-state index contributed by atoms with van der Waals surface area (Å²) in [5.41, 5.74) is 0.257. The number of benzene rings is 1. The van der Waals surface area contributed by atoms with Gasteiger partial charge in [-0.25, -0.2) is 0 Å². The van der Waals surface area contributed by atoms with Gasteiger partial charge in [-0.3, -0.25) is 14.9 Å². The second-order valence-electron chi connectivity index (χ2n) is 3.91. The Morgan fingerprint density at radius 2 is 2.25 bits per heavy atom. The third-order valence-corrected chi connectivity index (χ3v) is 4.30. The van der Waals surface area contributed by atoms with E-state index < -0.39 is 4.92 Å². The van der Waals surface area contributed by atoms with Crippen molar-refractivity contribution in [2.75, 3.05) is 6.26 Å². The van der Waals surface area contributed by atoms with Crippen LogP contribution >= 0.6 is 23.1 Å². The lowest BCUT2D eigenvalue weighted by Gasteiger charge is -2.05. The van der Waals surface area contributed by atoms with E-state index in [1.807, 2.05) is 17.5 Å². The maximum absolute atomic E-state index is 12.0. The molecule has 1 aromatic carbocycles. The molecule has 1 N–H and O–H groups in total. The van der Waals surface area contributed by atoms with Gasteiger partial charge in [-0.05, 0) is 29.8 Å². The summed E-state index contributed by atoms with van der Waals surface area (Å²) in [6.07, 6.45) is 1.76. The predicted molar refractivity (Wildman–Crippen MR) is 80.4 cm³/mol. The lowest BCUT2D eigenvalue weighted by Crippen LogP contribution is -2.22. The molecule has 0 saturated carbocycles.